The molecule has 0 aliphatic carbocycles. The van der Waals surface area contributed by atoms with Gasteiger partial charge in [0.25, 0.3) is 11.8 Å². The SMILES string of the molecule is C[C@H](NC(=O)[C@@H](C)N1C(=O)c2ccccc2C1=O)c1ccccc1. The maximum Gasteiger partial charge on any atom is 0.262 e. The van der Waals surface area contributed by atoms with Crippen LogP contribution in [0.25, 0.3) is 0 Å². The van der Waals surface area contributed by atoms with Crippen molar-refractivity contribution in [1.29, 1.82) is 0 Å². The van der Waals surface area contributed by atoms with E-state index in [0.29, 0.717) is 11.1 Å². The second-order valence-electron chi connectivity index (χ2n) is 5.84. The lowest BCUT2D eigenvalue weighted by Crippen LogP contribution is -2.48. The molecular formula is C19H18N2O3. The van der Waals surface area contributed by atoms with Crippen LogP contribution in [0.5, 0.6) is 0 Å². The zero-order chi connectivity index (χ0) is 17.3. The summed E-state index contributed by atoms with van der Waals surface area (Å²) in [5.41, 5.74) is 1.65. The molecule has 0 bridgehead atoms. The number of imide groups is 1. The molecule has 1 aliphatic rings. The second-order valence-corrected chi connectivity index (χ2v) is 5.84. The third-order valence-corrected chi connectivity index (χ3v) is 4.25. The predicted octanol–water partition coefficient (Wildman–Crippen LogP) is 2.55. The fraction of sp³-hybridized carbons (Fsp3) is 0.211. The van der Waals surface area contributed by atoms with Crippen molar-refractivity contribution < 1.29 is 14.4 Å². The summed E-state index contributed by atoms with van der Waals surface area (Å²) >= 11 is 0. The van der Waals surface area contributed by atoms with Gasteiger partial charge in [-0.2, -0.15) is 0 Å². The Balaban J connectivity index is 1.75. The van der Waals surface area contributed by atoms with Crippen molar-refractivity contribution in [1.82, 2.24) is 10.2 Å². The Bertz CT molecular complexity index is 766. The van der Waals surface area contributed by atoms with E-state index >= 15 is 0 Å². The molecule has 0 saturated carbocycles. The van der Waals surface area contributed by atoms with Crippen LogP contribution in [0.2, 0.25) is 0 Å². The summed E-state index contributed by atoms with van der Waals surface area (Å²) in [6.07, 6.45) is 0. The maximum atomic E-state index is 12.5. The summed E-state index contributed by atoms with van der Waals surface area (Å²) in [5.74, 6) is -1.21. The number of benzene rings is 2. The molecule has 0 aromatic heterocycles. The molecule has 0 unspecified atom stereocenters. The van der Waals surface area contributed by atoms with Crippen LogP contribution in [-0.2, 0) is 4.79 Å². The van der Waals surface area contributed by atoms with E-state index in [1.165, 1.54) is 0 Å². The number of fused-ring (bicyclic) bond motifs is 1. The Labute approximate surface area is 140 Å². The number of nitrogens with zero attached hydrogens (tertiary/aromatic N) is 1. The van der Waals surface area contributed by atoms with Gasteiger partial charge in [-0.1, -0.05) is 42.5 Å². The van der Waals surface area contributed by atoms with Gasteiger partial charge in [0.05, 0.1) is 17.2 Å². The van der Waals surface area contributed by atoms with Crippen molar-refractivity contribution in [3.63, 3.8) is 0 Å². The molecule has 0 spiro atoms. The first-order chi connectivity index (χ1) is 11.5. The van der Waals surface area contributed by atoms with Crippen LogP contribution in [0.1, 0.15) is 46.2 Å². The molecular weight excluding hydrogens is 304 g/mol. The Morgan fingerprint density at radius 2 is 1.38 bits per heavy atom. The molecule has 24 heavy (non-hydrogen) atoms. The first-order valence-corrected chi connectivity index (χ1v) is 7.83. The van der Waals surface area contributed by atoms with Gasteiger partial charge in [0.15, 0.2) is 0 Å². The van der Waals surface area contributed by atoms with E-state index in [1.54, 1.807) is 31.2 Å². The Morgan fingerprint density at radius 1 is 0.875 bits per heavy atom. The highest BCUT2D eigenvalue weighted by Gasteiger charge is 2.40. The monoisotopic (exact) mass is 322 g/mol. The molecule has 3 amide bonds. The third kappa shape index (κ3) is 2.69. The highest BCUT2D eigenvalue weighted by Crippen LogP contribution is 2.24. The third-order valence-electron chi connectivity index (χ3n) is 4.25. The van der Waals surface area contributed by atoms with Crippen LogP contribution in [0.3, 0.4) is 0 Å². The summed E-state index contributed by atoms with van der Waals surface area (Å²) in [5, 5.41) is 2.86. The van der Waals surface area contributed by atoms with Gasteiger partial charge in [0.1, 0.15) is 6.04 Å². The van der Waals surface area contributed by atoms with Gasteiger partial charge in [0, 0.05) is 0 Å². The first kappa shape index (κ1) is 15.9. The van der Waals surface area contributed by atoms with Crippen LogP contribution in [0.4, 0.5) is 0 Å². The number of carbonyl (C=O) groups is 3. The summed E-state index contributed by atoms with van der Waals surface area (Å²) in [7, 11) is 0. The first-order valence-electron chi connectivity index (χ1n) is 7.83. The molecule has 2 atom stereocenters. The van der Waals surface area contributed by atoms with Gasteiger partial charge < -0.3 is 5.32 Å². The molecule has 3 rings (SSSR count). The van der Waals surface area contributed by atoms with E-state index < -0.39 is 17.9 Å². The van der Waals surface area contributed by atoms with Crippen molar-refractivity contribution in [2.75, 3.05) is 0 Å². The van der Waals surface area contributed by atoms with Gasteiger partial charge in [-0.25, -0.2) is 0 Å². The van der Waals surface area contributed by atoms with Crippen molar-refractivity contribution in [3.8, 4) is 0 Å². The summed E-state index contributed by atoms with van der Waals surface area (Å²) in [4.78, 5) is 38.4. The van der Waals surface area contributed by atoms with Crippen molar-refractivity contribution >= 4 is 17.7 Å². The Hall–Kier alpha value is -2.95. The van der Waals surface area contributed by atoms with Crippen molar-refractivity contribution in [2.24, 2.45) is 0 Å². The molecule has 2 aromatic carbocycles. The molecule has 122 valence electrons. The molecule has 2 aromatic rings. The van der Waals surface area contributed by atoms with E-state index in [2.05, 4.69) is 5.32 Å². The highest BCUT2D eigenvalue weighted by molar-refractivity contribution is 6.22. The zero-order valence-electron chi connectivity index (χ0n) is 13.5. The average molecular weight is 322 g/mol. The lowest BCUT2D eigenvalue weighted by atomic mass is 10.1. The summed E-state index contributed by atoms with van der Waals surface area (Å²) in [6.45, 7) is 3.43. The highest BCUT2D eigenvalue weighted by atomic mass is 16.2. The number of hydrogen-bond donors (Lipinski definition) is 1. The minimum atomic E-state index is -0.872. The minimum Gasteiger partial charge on any atom is -0.348 e. The summed E-state index contributed by atoms with van der Waals surface area (Å²) in [6, 6.07) is 15.1. The van der Waals surface area contributed by atoms with Gasteiger partial charge in [-0.3, -0.25) is 19.3 Å². The fourth-order valence-corrected chi connectivity index (χ4v) is 2.84. The number of amides is 3. The second kappa shape index (κ2) is 6.28. The van der Waals surface area contributed by atoms with E-state index in [9.17, 15) is 14.4 Å². The number of hydrogen-bond acceptors (Lipinski definition) is 3. The van der Waals surface area contributed by atoms with Crippen LogP contribution in [0, 0.1) is 0 Å². The largest absolute Gasteiger partial charge is 0.348 e. The van der Waals surface area contributed by atoms with Crippen molar-refractivity contribution in [2.45, 2.75) is 25.9 Å². The lowest BCUT2D eigenvalue weighted by Gasteiger charge is -2.24. The molecule has 5 heteroatoms. The van der Waals surface area contributed by atoms with Crippen LogP contribution >= 0.6 is 0 Å². The molecule has 1 heterocycles. The minimum absolute atomic E-state index is 0.212. The molecule has 0 saturated heterocycles. The average Bonchev–Trinajstić information content (AvgIpc) is 2.86. The van der Waals surface area contributed by atoms with Crippen molar-refractivity contribution in [3.05, 3.63) is 71.3 Å². The van der Waals surface area contributed by atoms with Gasteiger partial charge >= 0.3 is 0 Å². The molecule has 0 radical (unpaired) electrons. The molecule has 1 N–H and O–H groups in total. The molecule has 0 fully saturated rings. The quantitative estimate of drug-likeness (QED) is 0.880. The topological polar surface area (TPSA) is 66.5 Å². The van der Waals surface area contributed by atoms with E-state index in [1.807, 2.05) is 37.3 Å². The fourth-order valence-electron chi connectivity index (χ4n) is 2.84. The van der Waals surface area contributed by atoms with Gasteiger partial charge in [-0.15, -0.1) is 0 Å². The maximum absolute atomic E-state index is 12.5. The molecule has 5 nitrogen and oxygen atoms in total. The Morgan fingerprint density at radius 3 is 1.92 bits per heavy atom. The number of rotatable bonds is 4. The van der Waals surface area contributed by atoms with Gasteiger partial charge in [0.2, 0.25) is 5.91 Å². The standard InChI is InChI=1S/C19H18N2O3/c1-12(14-8-4-3-5-9-14)20-17(22)13(2)21-18(23)15-10-6-7-11-16(15)19(21)24/h3-13H,1-2H3,(H,20,22)/t12-,13+/m0/s1. The van der Waals surface area contributed by atoms with Gasteiger partial charge in [-0.05, 0) is 31.5 Å². The normalized spacial score (nSPS) is 15.8. The van der Waals surface area contributed by atoms with Crippen LogP contribution in [0.15, 0.2) is 54.6 Å². The predicted molar refractivity (Wildman–Crippen MR) is 89.4 cm³/mol. The van der Waals surface area contributed by atoms with E-state index in [-0.39, 0.29) is 11.9 Å². The smallest absolute Gasteiger partial charge is 0.262 e. The zero-order valence-corrected chi connectivity index (χ0v) is 13.5. The van der Waals surface area contributed by atoms with Crippen LogP contribution in [-0.4, -0.2) is 28.7 Å². The Kier molecular flexibility index (Phi) is 4.16. The van der Waals surface area contributed by atoms with E-state index in [4.69, 9.17) is 0 Å². The lowest BCUT2D eigenvalue weighted by molar-refractivity contribution is -0.125. The summed E-state index contributed by atoms with van der Waals surface area (Å²) < 4.78 is 0. The van der Waals surface area contributed by atoms with E-state index in [0.717, 1.165) is 10.5 Å². The number of nitrogens with one attached hydrogen (secondary N) is 1. The van der Waals surface area contributed by atoms with Crippen LogP contribution < -0.4 is 5.32 Å². The molecule has 1 aliphatic heterocycles. The number of carbonyl (C=O) groups excluding carboxylic acids is 3.